The lowest BCUT2D eigenvalue weighted by atomic mass is 9.82. The minimum absolute atomic E-state index is 0.437. The number of fused-ring (bicyclic) bond motifs is 4. The van der Waals surface area contributed by atoms with Gasteiger partial charge in [0.2, 0.25) is 11.6 Å². The summed E-state index contributed by atoms with van der Waals surface area (Å²) in [6.07, 6.45) is 0. The van der Waals surface area contributed by atoms with Crippen LogP contribution in [0.2, 0.25) is 0 Å². The number of aryl methyl sites for hydroxylation is 1. The van der Waals surface area contributed by atoms with E-state index in [9.17, 15) is 9.59 Å². The fourth-order valence-electron chi connectivity index (χ4n) is 3.09. The van der Waals surface area contributed by atoms with Crippen molar-refractivity contribution in [2.75, 3.05) is 5.73 Å². The number of rotatable bonds is 0. The Morgan fingerprint density at radius 1 is 0.773 bits per heavy atom. The van der Waals surface area contributed by atoms with Gasteiger partial charge in [0.25, 0.3) is 0 Å². The van der Waals surface area contributed by atoms with Gasteiger partial charge >= 0.3 is 0 Å². The van der Waals surface area contributed by atoms with Crippen LogP contribution in [0.15, 0.2) is 48.5 Å². The molecule has 0 aliphatic heterocycles. The molecule has 0 aromatic heterocycles. The predicted octanol–water partition coefficient (Wildman–Crippen LogP) is 3.78. The Balaban J connectivity index is 2.13. The summed E-state index contributed by atoms with van der Waals surface area (Å²) < 4.78 is 0. The van der Waals surface area contributed by atoms with Crippen LogP contribution in [0.1, 0.15) is 26.3 Å². The molecule has 2 N–H and O–H groups in total. The van der Waals surface area contributed by atoms with Crippen LogP contribution >= 0.6 is 0 Å². The highest BCUT2D eigenvalue weighted by molar-refractivity contribution is 6.53. The third kappa shape index (κ3) is 1.62. The lowest BCUT2D eigenvalue weighted by molar-refractivity contribution is 0.0815. The van der Waals surface area contributed by atoms with E-state index in [2.05, 4.69) is 0 Å². The van der Waals surface area contributed by atoms with Crippen LogP contribution < -0.4 is 5.73 Å². The maximum absolute atomic E-state index is 12.5. The van der Waals surface area contributed by atoms with E-state index in [1.54, 1.807) is 18.2 Å². The number of ketones is 2. The Bertz CT molecular complexity index is 986. The van der Waals surface area contributed by atoms with Gasteiger partial charge in [-0.15, -0.1) is 0 Å². The van der Waals surface area contributed by atoms with Crippen molar-refractivity contribution in [3.8, 4) is 11.1 Å². The molecule has 1 aliphatic carbocycles. The van der Waals surface area contributed by atoms with E-state index in [0.29, 0.717) is 16.8 Å². The smallest absolute Gasteiger partial charge is 0.234 e. The molecule has 1 aliphatic rings. The molecule has 0 bridgehead atoms. The van der Waals surface area contributed by atoms with Crippen molar-refractivity contribution in [1.29, 1.82) is 0 Å². The van der Waals surface area contributed by atoms with E-state index in [1.165, 1.54) is 0 Å². The van der Waals surface area contributed by atoms with Gasteiger partial charge in [-0.05, 0) is 47.7 Å². The van der Waals surface area contributed by atoms with Crippen LogP contribution in [-0.2, 0) is 0 Å². The highest BCUT2D eigenvalue weighted by Gasteiger charge is 2.30. The van der Waals surface area contributed by atoms with Crippen LogP contribution in [0, 0.1) is 6.92 Å². The van der Waals surface area contributed by atoms with Crippen LogP contribution in [0.3, 0.4) is 0 Å². The summed E-state index contributed by atoms with van der Waals surface area (Å²) >= 11 is 0. The number of Topliss-reactive ketones (excluding diaryl/α,β-unsaturated/α-hetero) is 2. The van der Waals surface area contributed by atoms with Crippen molar-refractivity contribution in [3.05, 3.63) is 65.2 Å². The Kier molecular flexibility index (Phi) is 2.48. The molecule has 0 saturated heterocycles. The van der Waals surface area contributed by atoms with Gasteiger partial charge in [0, 0.05) is 22.2 Å². The second-order valence-electron chi connectivity index (χ2n) is 5.67. The second-order valence-corrected chi connectivity index (χ2v) is 5.67. The fraction of sp³-hybridized carbons (Fsp3) is 0.0526. The van der Waals surface area contributed by atoms with Gasteiger partial charge in [0.1, 0.15) is 0 Å². The molecule has 3 nitrogen and oxygen atoms in total. The average molecular weight is 287 g/mol. The van der Waals surface area contributed by atoms with Gasteiger partial charge in [-0.2, -0.15) is 0 Å². The molecular formula is C19H13NO2. The first-order valence-corrected chi connectivity index (χ1v) is 7.08. The van der Waals surface area contributed by atoms with Gasteiger partial charge < -0.3 is 5.73 Å². The summed E-state index contributed by atoms with van der Waals surface area (Å²) in [5, 5.41) is 1.77. The lowest BCUT2D eigenvalue weighted by Crippen LogP contribution is -2.21. The summed E-state index contributed by atoms with van der Waals surface area (Å²) in [7, 11) is 0. The SMILES string of the molecule is Cc1ccc2c(c1)C(=O)C(=O)c1cc3c(N)cccc3cc1-2. The third-order valence-corrected chi connectivity index (χ3v) is 4.21. The number of carbonyl (C=O) groups excluding carboxylic acids is 2. The number of carbonyl (C=O) groups is 2. The predicted molar refractivity (Wildman–Crippen MR) is 87.2 cm³/mol. The molecule has 3 heteroatoms. The van der Waals surface area contributed by atoms with Crippen molar-refractivity contribution < 1.29 is 9.59 Å². The number of hydrogen-bond donors (Lipinski definition) is 1. The highest BCUT2D eigenvalue weighted by atomic mass is 16.2. The van der Waals surface area contributed by atoms with E-state index in [-0.39, 0.29) is 0 Å². The highest BCUT2D eigenvalue weighted by Crippen LogP contribution is 2.37. The van der Waals surface area contributed by atoms with Crippen molar-refractivity contribution in [3.63, 3.8) is 0 Å². The van der Waals surface area contributed by atoms with E-state index in [4.69, 9.17) is 5.73 Å². The number of nitrogen functional groups attached to an aromatic ring is 1. The molecule has 0 radical (unpaired) electrons. The Morgan fingerprint density at radius 3 is 2.27 bits per heavy atom. The van der Waals surface area contributed by atoms with E-state index in [1.807, 2.05) is 37.3 Å². The lowest BCUT2D eigenvalue weighted by Gasteiger charge is -2.19. The fourth-order valence-corrected chi connectivity index (χ4v) is 3.09. The van der Waals surface area contributed by atoms with E-state index in [0.717, 1.165) is 27.5 Å². The van der Waals surface area contributed by atoms with Gasteiger partial charge in [-0.1, -0.05) is 29.8 Å². The Hall–Kier alpha value is -2.94. The molecule has 0 unspecified atom stereocenters. The first kappa shape index (κ1) is 12.8. The summed E-state index contributed by atoms with van der Waals surface area (Å²) in [5.41, 5.74) is 10.1. The van der Waals surface area contributed by atoms with Gasteiger partial charge in [0.15, 0.2) is 0 Å². The molecule has 0 atom stereocenters. The molecule has 3 aromatic carbocycles. The van der Waals surface area contributed by atoms with Crippen LogP contribution in [0.4, 0.5) is 5.69 Å². The average Bonchev–Trinajstić information content (AvgIpc) is 2.52. The molecule has 106 valence electrons. The van der Waals surface area contributed by atoms with Crippen molar-refractivity contribution in [2.45, 2.75) is 6.92 Å². The zero-order valence-electron chi connectivity index (χ0n) is 12.0. The summed E-state index contributed by atoms with van der Waals surface area (Å²) in [5.74, 6) is -0.904. The van der Waals surface area contributed by atoms with E-state index >= 15 is 0 Å². The third-order valence-electron chi connectivity index (χ3n) is 4.21. The molecule has 0 heterocycles. The van der Waals surface area contributed by atoms with Crippen molar-refractivity contribution in [1.82, 2.24) is 0 Å². The van der Waals surface area contributed by atoms with Crippen molar-refractivity contribution >= 4 is 28.0 Å². The first-order valence-electron chi connectivity index (χ1n) is 7.08. The Labute approximate surface area is 127 Å². The molecule has 0 saturated carbocycles. The largest absolute Gasteiger partial charge is 0.398 e. The molecule has 22 heavy (non-hydrogen) atoms. The molecular weight excluding hydrogens is 274 g/mol. The zero-order valence-corrected chi connectivity index (χ0v) is 12.0. The molecule has 0 spiro atoms. The van der Waals surface area contributed by atoms with Gasteiger partial charge in [-0.3, -0.25) is 9.59 Å². The summed E-state index contributed by atoms with van der Waals surface area (Å²) in [6, 6.07) is 15.0. The number of hydrogen-bond acceptors (Lipinski definition) is 3. The summed E-state index contributed by atoms with van der Waals surface area (Å²) in [4.78, 5) is 24.8. The topological polar surface area (TPSA) is 60.2 Å². The van der Waals surface area contributed by atoms with Crippen LogP contribution in [-0.4, -0.2) is 11.6 Å². The monoisotopic (exact) mass is 287 g/mol. The number of nitrogens with two attached hydrogens (primary N) is 1. The maximum atomic E-state index is 12.5. The number of anilines is 1. The molecule has 3 aromatic rings. The van der Waals surface area contributed by atoms with Gasteiger partial charge in [-0.25, -0.2) is 0 Å². The first-order chi connectivity index (χ1) is 10.6. The molecule has 0 fully saturated rings. The maximum Gasteiger partial charge on any atom is 0.234 e. The summed E-state index contributed by atoms with van der Waals surface area (Å²) in [6.45, 7) is 1.91. The van der Waals surface area contributed by atoms with Crippen molar-refractivity contribution in [2.24, 2.45) is 0 Å². The standard InChI is InChI=1S/C19H13NO2/c1-10-5-6-12-14-8-11-3-2-4-17(20)13(11)9-16(14)19(22)18(21)15(12)7-10/h2-9H,20H2,1H3. The molecule has 0 amide bonds. The van der Waals surface area contributed by atoms with Crippen LogP contribution in [0.25, 0.3) is 21.9 Å². The number of benzene rings is 3. The minimum atomic E-state index is -0.460. The Morgan fingerprint density at radius 2 is 1.50 bits per heavy atom. The minimum Gasteiger partial charge on any atom is -0.398 e. The van der Waals surface area contributed by atoms with E-state index < -0.39 is 11.6 Å². The second kappa shape index (κ2) is 4.28. The molecule has 4 rings (SSSR count). The van der Waals surface area contributed by atoms with Crippen LogP contribution in [0.5, 0.6) is 0 Å². The van der Waals surface area contributed by atoms with Gasteiger partial charge in [0.05, 0.1) is 0 Å². The quantitative estimate of drug-likeness (QED) is 0.505. The normalized spacial score (nSPS) is 13.1. The zero-order chi connectivity index (χ0) is 15.4.